The summed E-state index contributed by atoms with van der Waals surface area (Å²) in [5.74, 6) is 0.161. The van der Waals surface area contributed by atoms with E-state index in [1.165, 1.54) is 11.8 Å². The van der Waals surface area contributed by atoms with E-state index in [1.54, 1.807) is 0 Å². The minimum Gasteiger partial charge on any atom is -0.315 e. The lowest BCUT2D eigenvalue weighted by Crippen LogP contribution is -2.38. The molecule has 2 aliphatic heterocycles. The molecule has 2 fully saturated rings. The number of benzene rings is 1. The predicted octanol–water partition coefficient (Wildman–Crippen LogP) is 3.10. The molecule has 1 amide bonds. The Balaban J connectivity index is 1.99. The van der Waals surface area contributed by atoms with Gasteiger partial charge in [-0.25, -0.2) is 8.42 Å². The van der Waals surface area contributed by atoms with E-state index in [0.29, 0.717) is 11.6 Å². The van der Waals surface area contributed by atoms with Gasteiger partial charge in [0.2, 0.25) is 5.91 Å². The maximum absolute atomic E-state index is 12.2. The average molecular weight is 381 g/mol. The number of anilines is 1. The van der Waals surface area contributed by atoms with Gasteiger partial charge in [-0.1, -0.05) is 37.2 Å². The van der Waals surface area contributed by atoms with E-state index in [9.17, 15) is 13.2 Å². The number of sulfone groups is 1. The smallest absolute Gasteiger partial charge is 0.248 e. The normalized spacial score (nSPS) is 26.2. The van der Waals surface area contributed by atoms with E-state index in [1.807, 2.05) is 37.8 Å². The Morgan fingerprint density at radius 3 is 2.80 bits per heavy atom. The van der Waals surface area contributed by atoms with E-state index < -0.39 is 9.84 Å². The lowest BCUT2D eigenvalue weighted by atomic mass is 10.1. The Bertz CT molecular complexity index is 818. The van der Waals surface area contributed by atoms with E-state index in [4.69, 9.17) is 0 Å². The quantitative estimate of drug-likeness (QED) is 0.803. The van der Waals surface area contributed by atoms with E-state index in [-0.39, 0.29) is 28.7 Å². The number of rotatable bonds is 4. The van der Waals surface area contributed by atoms with Crippen molar-refractivity contribution in [3.8, 4) is 0 Å². The molecular formula is C18H24N2O3S2. The molecule has 0 unspecified atom stereocenters. The first-order valence-corrected chi connectivity index (χ1v) is 11.4. The SMILES string of the molecule is CCCCC(=O)N=C1S[C@H]2CS(=O)(=O)C[C@@H]2N1c1cc(C)ccc1C. The van der Waals surface area contributed by atoms with Crippen LogP contribution >= 0.6 is 11.8 Å². The van der Waals surface area contributed by atoms with Gasteiger partial charge >= 0.3 is 0 Å². The second kappa shape index (κ2) is 7.11. The summed E-state index contributed by atoms with van der Waals surface area (Å²) in [6, 6.07) is 5.97. The molecule has 2 aliphatic rings. The van der Waals surface area contributed by atoms with Crippen molar-refractivity contribution < 1.29 is 13.2 Å². The number of carbonyl (C=O) groups is 1. The second-order valence-electron chi connectivity index (χ2n) is 6.85. The number of aryl methyl sites for hydroxylation is 2. The number of unbranched alkanes of at least 4 members (excludes halogenated alkanes) is 1. The summed E-state index contributed by atoms with van der Waals surface area (Å²) in [6.45, 7) is 6.06. The minimum atomic E-state index is -3.04. The molecule has 0 saturated carbocycles. The summed E-state index contributed by atoms with van der Waals surface area (Å²) in [7, 11) is -3.04. The lowest BCUT2D eigenvalue weighted by molar-refractivity contribution is -0.117. The molecule has 0 N–H and O–H groups in total. The lowest BCUT2D eigenvalue weighted by Gasteiger charge is -2.26. The van der Waals surface area contributed by atoms with Gasteiger partial charge in [0.25, 0.3) is 0 Å². The first-order chi connectivity index (χ1) is 11.8. The van der Waals surface area contributed by atoms with Crippen molar-refractivity contribution in [3.63, 3.8) is 0 Å². The topological polar surface area (TPSA) is 66.8 Å². The summed E-state index contributed by atoms with van der Waals surface area (Å²) in [6.07, 6.45) is 2.22. The third kappa shape index (κ3) is 3.92. The van der Waals surface area contributed by atoms with Gasteiger partial charge in [0, 0.05) is 17.4 Å². The number of thioether (sulfide) groups is 1. The monoisotopic (exact) mass is 380 g/mol. The highest BCUT2D eigenvalue weighted by atomic mass is 32.2. The van der Waals surface area contributed by atoms with Crippen molar-refractivity contribution in [3.05, 3.63) is 29.3 Å². The van der Waals surface area contributed by atoms with E-state index in [0.717, 1.165) is 29.7 Å². The molecule has 2 saturated heterocycles. The fourth-order valence-electron chi connectivity index (χ4n) is 3.32. The average Bonchev–Trinajstić information content (AvgIpc) is 2.98. The van der Waals surface area contributed by atoms with Crippen molar-refractivity contribution >= 4 is 38.4 Å². The number of nitrogens with zero attached hydrogens (tertiary/aromatic N) is 2. The van der Waals surface area contributed by atoms with Crippen molar-refractivity contribution in [2.45, 2.75) is 51.3 Å². The molecule has 1 aromatic carbocycles. The Morgan fingerprint density at radius 1 is 1.32 bits per heavy atom. The largest absolute Gasteiger partial charge is 0.315 e. The zero-order valence-electron chi connectivity index (χ0n) is 14.9. The molecule has 0 bridgehead atoms. The molecular weight excluding hydrogens is 356 g/mol. The molecule has 1 aromatic rings. The van der Waals surface area contributed by atoms with Crippen LogP contribution in [-0.2, 0) is 14.6 Å². The highest BCUT2D eigenvalue weighted by Crippen LogP contribution is 2.42. The number of carbonyl (C=O) groups excluding carboxylic acids is 1. The van der Waals surface area contributed by atoms with Crippen molar-refractivity contribution in [2.75, 3.05) is 16.4 Å². The van der Waals surface area contributed by atoms with Crippen LogP contribution in [0.3, 0.4) is 0 Å². The van der Waals surface area contributed by atoms with Gasteiger partial charge in [-0.3, -0.25) is 4.79 Å². The molecule has 136 valence electrons. The molecule has 0 aromatic heterocycles. The zero-order chi connectivity index (χ0) is 18.2. The Kier molecular flexibility index (Phi) is 5.25. The van der Waals surface area contributed by atoms with Gasteiger partial charge in [0.15, 0.2) is 15.0 Å². The van der Waals surface area contributed by atoms with Gasteiger partial charge in [0.1, 0.15) is 0 Å². The third-order valence-corrected chi connectivity index (χ3v) is 7.87. The molecule has 5 nitrogen and oxygen atoms in total. The molecule has 0 aliphatic carbocycles. The number of hydrogen-bond acceptors (Lipinski definition) is 4. The van der Waals surface area contributed by atoms with E-state index in [2.05, 4.69) is 11.1 Å². The number of aliphatic imine (C=N–C) groups is 1. The van der Waals surface area contributed by atoms with Crippen LogP contribution in [0.2, 0.25) is 0 Å². The Morgan fingerprint density at radius 2 is 2.08 bits per heavy atom. The second-order valence-corrected chi connectivity index (χ2v) is 10.2. The predicted molar refractivity (Wildman–Crippen MR) is 104 cm³/mol. The fraction of sp³-hybridized carbons (Fsp3) is 0.556. The summed E-state index contributed by atoms with van der Waals surface area (Å²) in [5, 5.41) is 0.599. The van der Waals surface area contributed by atoms with Crippen LogP contribution < -0.4 is 4.90 Å². The third-order valence-electron chi connectivity index (χ3n) is 4.66. The summed E-state index contributed by atoms with van der Waals surface area (Å²) >= 11 is 1.44. The molecule has 2 heterocycles. The minimum absolute atomic E-state index is 0.0531. The first-order valence-electron chi connectivity index (χ1n) is 8.66. The van der Waals surface area contributed by atoms with Crippen LogP contribution in [0.5, 0.6) is 0 Å². The first kappa shape index (κ1) is 18.5. The number of amidine groups is 1. The number of hydrogen-bond donors (Lipinski definition) is 0. The van der Waals surface area contributed by atoms with Crippen LogP contribution in [0.4, 0.5) is 5.69 Å². The number of fused-ring (bicyclic) bond motifs is 1. The molecule has 2 atom stereocenters. The van der Waals surface area contributed by atoms with Gasteiger partial charge in [-0.05, 0) is 37.5 Å². The van der Waals surface area contributed by atoms with Gasteiger partial charge in [-0.2, -0.15) is 4.99 Å². The maximum atomic E-state index is 12.2. The highest BCUT2D eigenvalue weighted by molar-refractivity contribution is 8.16. The summed E-state index contributed by atoms with van der Waals surface area (Å²) in [5.41, 5.74) is 3.12. The Labute approximate surface area is 153 Å². The molecule has 3 rings (SSSR count). The van der Waals surface area contributed by atoms with Gasteiger partial charge < -0.3 is 4.90 Å². The summed E-state index contributed by atoms with van der Waals surface area (Å²) in [4.78, 5) is 18.5. The number of amides is 1. The Hall–Kier alpha value is -1.34. The van der Waals surface area contributed by atoms with Crippen molar-refractivity contribution in [1.29, 1.82) is 0 Å². The zero-order valence-corrected chi connectivity index (χ0v) is 16.5. The van der Waals surface area contributed by atoms with Crippen LogP contribution in [0, 0.1) is 13.8 Å². The maximum Gasteiger partial charge on any atom is 0.248 e. The molecule has 25 heavy (non-hydrogen) atoms. The van der Waals surface area contributed by atoms with Crippen molar-refractivity contribution in [2.24, 2.45) is 4.99 Å². The van der Waals surface area contributed by atoms with Crippen LogP contribution in [0.25, 0.3) is 0 Å². The van der Waals surface area contributed by atoms with Crippen LogP contribution in [0.1, 0.15) is 37.3 Å². The van der Waals surface area contributed by atoms with E-state index >= 15 is 0 Å². The van der Waals surface area contributed by atoms with Crippen molar-refractivity contribution in [1.82, 2.24) is 0 Å². The standard InChI is InChI=1S/C18H24N2O3S2/c1-4-5-6-17(21)19-18-20(14-9-12(2)7-8-13(14)3)15-10-25(22,23)11-16(15)24-18/h7-9,15-16H,4-6,10-11H2,1-3H3/t15-,16-/m0/s1. The highest BCUT2D eigenvalue weighted by Gasteiger charge is 2.49. The van der Waals surface area contributed by atoms with Crippen LogP contribution in [0.15, 0.2) is 23.2 Å². The molecule has 0 spiro atoms. The molecule has 7 heteroatoms. The summed E-state index contributed by atoms with van der Waals surface area (Å²) < 4.78 is 24.2. The molecule has 0 radical (unpaired) electrons. The van der Waals surface area contributed by atoms with Gasteiger partial charge in [-0.15, -0.1) is 0 Å². The van der Waals surface area contributed by atoms with Crippen LogP contribution in [-0.4, -0.2) is 42.3 Å². The fourth-order valence-corrected chi connectivity index (χ4v) is 7.24. The van der Waals surface area contributed by atoms with Gasteiger partial charge in [0.05, 0.1) is 17.5 Å².